The molecule has 2 bridgehead atoms. The van der Waals surface area contributed by atoms with Gasteiger partial charge in [-0.15, -0.1) is 11.3 Å². The van der Waals surface area contributed by atoms with Crippen LogP contribution in [0.25, 0.3) is 0 Å². The average molecular weight is 379 g/mol. The number of carboxylic acid groups (broad SMARTS) is 1. The lowest BCUT2D eigenvalue weighted by Crippen LogP contribution is -2.49. The second kappa shape index (κ2) is 7.78. The van der Waals surface area contributed by atoms with Gasteiger partial charge in [-0.2, -0.15) is 0 Å². The van der Waals surface area contributed by atoms with Gasteiger partial charge in [-0.1, -0.05) is 6.92 Å². The number of fused-ring (bicyclic) bond motifs is 3. The zero-order valence-corrected chi connectivity index (χ0v) is 15.9. The fourth-order valence-corrected chi connectivity index (χ4v) is 5.43. The second-order valence-corrected chi connectivity index (χ2v) is 8.22. The fraction of sp³-hybridized carbons (Fsp3) is 0.632. The Balaban J connectivity index is 1.84. The first kappa shape index (κ1) is 18.9. The summed E-state index contributed by atoms with van der Waals surface area (Å²) in [4.78, 5) is 37.9. The van der Waals surface area contributed by atoms with E-state index in [0.717, 1.165) is 37.0 Å². The minimum atomic E-state index is -0.884. The van der Waals surface area contributed by atoms with Gasteiger partial charge in [0.05, 0.1) is 24.0 Å². The Morgan fingerprint density at radius 2 is 1.77 bits per heavy atom. The van der Waals surface area contributed by atoms with E-state index >= 15 is 0 Å². The Kier molecular flexibility index (Phi) is 5.65. The summed E-state index contributed by atoms with van der Waals surface area (Å²) in [6, 6.07) is 1.75. The average Bonchev–Trinajstić information content (AvgIpc) is 3.05. The van der Waals surface area contributed by atoms with E-state index in [-0.39, 0.29) is 24.3 Å². The molecule has 0 radical (unpaired) electrons. The van der Waals surface area contributed by atoms with Crippen LogP contribution >= 0.6 is 11.3 Å². The van der Waals surface area contributed by atoms with Crippen molar-refractivity contribution in [2.24, 2.45) is 23.7 Å². The third-order valence-electron chi connectivity index (χ3n) is 5.67. The molecule has 6 nitrogen and oxygen atoms in total. The number of nitrogens with one attached hydrogen (secondary N) is 1. The Labute approximate surface area is 156 Å². The van der Waals surface area contributed by atoms with Crippen LogP contribution in [0, 0.1) is 23.7 Å². The van der Waals surface area contributed by atoms with Crippen molar-refractivity contribution in [1.82, 2.24) is 0 Å². The van der Waals surface area contributed by atoms with Gasteiger partial charge < -0.3 is 15.2 Å². The van der Waals surface area contributed by atoms with Gasteiger partial charge in [-0.05, 0) is 56.9 Å². The molecular formula is C19H25NO5S. The van der Waals surface area contributed by atoms with Gasteiger partial charge in [-0.3, -0.25) is 9.59 Å². The normalized spacial score (nSPS) is 27.2. The highest BCUT2D eigenvalue weighted by molar-refractivity contribution is 7.16. The standard InChI is InChI=1S/C19H25NO5S/c1-3-12-9-13(19(24)25-4-2)17(26-12)20-16(21)14-10-5-7-11(8-6-10)15(14)18(22)23/h9-11,14-15H,3-8H2,1-2H3,(H,20,21)(H,22,23)/t10?,11?,14-,15+/m0/s1. The van der Waals surface area contributed by atoms with E-state index < -0.39 is 23.8 Å². The maximum atomic E-state index is 13.0. The predicted octanol–water partition coefficient (Wildman–Crippen LogP) is 3.56. The van der Waals surface area contributed by atoms with Crippen molar-refractivity contribution < 1.29 is 24.2 Å². The van der Waals surface area contributed by atoms with Crippen molar-refractivity contribution in [3.05, 3.63) is 16.5 Å². The van der Waals surface area contributed by atoms with Crippen LogP contribution in [0.1, 0.15) is 54.8 Å². The molecule has 3 aliphatic carbocycles. The number of aryl methyl sites for hydroxylation is 1. The van der Waals surface area contributed by atoms with Crippen LogP contribution in [0.5, 0.6) is 0 Å². The summed E-state index contributed by atoms with van der Waals surface area (Å²) in [5.74, 6) is -2.59. The summed E-state index contributed by atoms with van der Waals surface area (Å²) >= 11 is 1.36. The highest BCUT2D eigenvalue weighted by Crippen LogP contribution is 2.49. The van der Waals surface area contributed by atoms with E-state index in [0.29, 0.717) is 10.6 Å². The van der Waals surface area contributed by atoms with Gasteiger partial charge in [0.2, 0.25) is 5.91 Å². The molecule has 2 N–H and O–H groups in total. The van der Waals surface area contributed by atoms with E-state index in [4.69, 9.17) is 4.74 Å². The summed E-state index contributed by atoms with van der Waals surface area (Å²) in [5.41, 5.74) is 0.356. The third-order valence-corrected chi connectivity index (χ3v) is 6.87. The molecule has 26 heavy (non-hydrogen) atoms. The molecule has 0 aliphatic heterocycles. The van der Waals surface area contributed by atoms with Crippen LogP contribution in [-0.4, -0.2) is 29.6 Å². The minimum absolute atomic E-state index is 0.0762. The molecule has 2 atom stereocenters. The van der Waals surface area contributed by atoms with Gasteiger partial charge in [0.25, 0.3) is 0 Å². The summed E-state index contributed by atoms with van der Waals surface area (Å²) in [7, 11) is 0. The number of carbonyl (C=O) groups excluding carboxylic acids is 2. The molecule has 3 fully saturated rings. The summed E-state index contributed by atoms with van der Waals surface area (Å²) < 4.78 is 5.08. The first-order valence-electron chi connectivity index (χ1n) is 9.29. The van der Waals surface area contributed by atoms with Crippen molar-refractivity contribution in [3.63, 3.8) is 0 Å². The summed E-state index contributed by atoms with van der Waals surface area (Å²) in [6.45, 7) is 3.98. The number of hydrogen-bond acceptors (Lipinski definition) is 5. The first-order chi connectivity index (χ1) is 12.5. The molecule has 1 amide bonds. The first-order valence-corrected chi connectivity index (χ1v) is 10.1. The lowest BCUT2D eigenvalue weighted by molar-refractivity contribution is -0.156. The zero-order valence-electron chi connectivity index (χ0n) is 15.1. The molecule has 0 saturated heterocycles. The van der Waals surface area contributed by atoms with Gasteiger partial charge in [-0.25, -0.2) is 4.79 Å². The Morgan fingerprint density at radius 1 is 1.15 bits per heavy atom. The van der Waals surface area contributed by atoms with E-state index in [1.165, 1.54) is 11.3 Å². The number of aliphatic carboxylic acids is 1. The topological polar surface area (TPSA) is 92.7 Å². The number of thiophene rings is 1. The highest BCUT2D eigenvalue weighted by atomic mass is 32.1. The molecule has 3 saturated carbocycles. The van der Waals surface area contributed by atoms with Crippen molar-refractivity contribution in [1.29, 1.82) is 0 Å². The predicted molar refractivity (Wildman–Crippen MR) is 98.3 cm³/mol. The largest absolute Gasteiger partial charge is 0.481 e. The van der Waals surface area contributed by atoms with Crippen LogP contribution in [0.4, 0.5) is 5.00 Å². The van der Waals surface area contributed by atoms with Crippen molar-refractivity contribution in [2.45, 2.75) is 46.0 Å². The summed E-state index contributed by atoms with van der Waals surface area (Å²) in [5, 5.41) is 13.0. The van der Waals surface area contributed by atoms with E-state index in [9.17, 15) is 19.5 Å². The zero-order chi connectivity index (χ0) is 18.8. The van der Waals surface area contributed by atoms with Gasteiger partial charge in [0.1, 0.15) is 5.00 Å². The van der Waals surface area contributed by atoms with Crippen LogP contribution < -0.4 is 5.32 Å². The second-order valence-electron chi connectivity index (χ2n) is 7.08. The maximum absolute atomic E-state index is 13.0. The number of amides is 1. The molecule has 0 unspecified atom stereocenters. The molecule has 0 spiro atoms. The van der Waals surface area contributed by atoms with E-state index in [2.05, 4.69) is 5.32 Å². The van der Waals surface area contributed by atoms with Gasteiger partial charge >= 0.3 is 11.9 Å². The number of carboxylic acids is 1. The Hall–Kier alpha value is -1.89. The monoisotopic (exact) mass is 379 g/mol. The number of rotatable bonds is 6. The molecule has 4 rings (SSSR count). The van der Waals surface area contributed by atoms with Crippen molar-refractivity contribution in [3.8, 4) is 0 Å². The van der Waals surface area contributed by atoms with E-state index in [1.54, 1.807) is 13.0 Å². The molecule has 1 heterocycles. The quantitative estimate of drug-likeness (QED) is 0.737. The molecule has 3 aliphatic rings. The molecule has 7 heteroatoms. The Morgan fingerprint density at radius 3 is 2.31 bits per heavy atom. The van der Waals surface area contributed by atoms with Crippen LogP contribution in [0.15, 0.2) is 6.07 Å². The maximum Gasteiger partial charge on any atom is 0.341 e. The lowest BCUT2D eigenvalue weighted by Gasteiger charge is -2.45. The van der Waals surface area contributed by atoms with Gasteiger partial charge in [0, 0.05) is 4.88 Å². The van der Waals surface area contributed by atoms with Crippen molar-refractivity contribution >= 4 is 34.2 Å². The number of ether oxygens (including phenoxy) is 1. The number of esters is 1. The molecule has 1 aromatic rings. The minimum Gasteiger partial charge on any atom is -0.481 e. The van der Waals surface area contributed by atoms with Gasteiger partial charge in [0.15, 0.2) is 0 Å². The lowest BCUT2D eigenvalue weighted by atomic mass is 9.58. The molecule has 1 aromatic heterocycles. The smallest absolute Gasteiger partial charge is 0.341 e. The number of hydrogen-bond donors (Lipinski definition) is 2. The van der Waals surface area contributed by atoms with Crippen LogP contribution in [0.3, 0.4) is 0 Å². The highest BCUT2D eigenvalue weighted by Gasteiger charge is 2.50. The SMILES string of the molecule is CCOC(=O)c1cc(CC)sc1NC(=O)[C@H]1C2CCC(CC2)[C@H]1C(=O)O. The third kappa shape index (κ3) is 3.49. The molecule has 0 aromatic carbocycles. The molecular weight excluding hydrogens is 354 g/mol. The molecule has 142 valence electrons. The summed E-state index contributed by atoms with van der Waals surface area (Å²) in [6.07, 6.45) is 4.33. The van der Waals surface area contributed by atoms with Crippen LogP contribution in [0.2, 0.25) is 0 Å². The number of carbonyl (C=O) groups is 3. The fourth-order valence-electron chi connectivity index (χ4n) is 4.45. The van der Waals surface area contributed by atoms with Crippen molar-refractivity contribution in [2.75, 3.05) is 11.9 Å². The van der Waals surface area contributed by atoms with E-state index in [1.807, 2.05) is 6.92 Å². The van der Waals surface area contributed by atoms with Crippen LogP contribution in [-0.2, 0) is 20.7 Å². The Bertz CT molecular complexity index is 705. The number of anilines is 1.